The highest BCUT2D eigenvalue weighted by molar-refractivity contribution is 5.73. The van der Waals surface area contributed by atoms with E-state index < -0.39 is 0 Å². The second kappa shape index (κ2) is 6.10. The third kappa shape index (κ3) is 2.91. The van der Waals surface area contributed by atoms with Crippen LogP contribution in [-0.4, -0.2) is 27.2 Å². The first-order chi connectivity index (χ1) is 10.6. The Balaban J connectivity index is 1.76. The predicted octanol–water partition coefficient (Wildman–Crippen LogP) is 4.30. The van der Waals surface area contributed by atoms with Crippen molar-refractivity contribution < 1.29 is 0 Å². The molecular weight excluding hydrogens is 268 g/mol. The summed E-state index contributed by atoms with van der Waals surface area (Å²) in [5.74, 6) is 0. The van der Waals surface area contributed by atoms with E-state index in [2.05, 4.69) is 104 Å². The Morgan fingerprint density at radius 1 is 1.00 bits per heavy atom. The van der Waals surface area contributed by atoms with Crippen LogP contribution in [0.15, 0.2) is 60.7 Å². The van der Waals surface area contributed by atoms with E-state index >= 15 is 0 Å². The van der Waals surface area contributed by atoms with Crippen LogP contribution in [0.3, 0.4) is 0 Å². The summed E-state index contributed by atoms with van der Waals surface area (Å²) in [7, 11) is 6.26. The van der Waals surface area contributed by atoms with E-state index in [-0.39, 0.29) is 0 Å². The summed E-state index contributed by atoms with van der Waals surface area (Å²) in [6, 6.07) is 17.4. The van der Waals surface area contributed by atoms with Gasteiger partial charge >= 0.3 is 0 Å². The van der Waals surface area contributed by atoms with Crippen molar-refractivity contribution in [2.75, 3.05) is 30.9 Å². The third-order valence-corrected chi connectivity index (χ3v) is 4.13. The van der Waals surface area contributed by atoms with Crippen LogP contribution >= 0.6 is 0 Å². The van der Waals surface area contributed by atoms with E-state index in [9.17, 15) is 0 Å². The minimum absolute atomic E-state index is 0.295. The van der Waals surface area contributed by atoms with Gasteiger partial charge in [0.25, 0.3) is 0 Å². The Morgan fingerprint density at radius 2 is 1.73 bits per heavy atom. The lowest BCUT2D eigenvalue weighted by atomic mass is 10.0. The van der Waals surface area contributed by atoms with E-state index in [0.717, 1.165) is 0 Å². The molecule has 2 nitrogen and oxygen atoms in total. The highest BCUT2D eigenvalue weighted by atomic mass is 15.1. The normalized spacial score (nSPS) is 16.9. The Hall–Kier alpha value is -2.48. The first-order valence-corrected chi connectivity index (χ1v) is 7.61. The fraction of sp³-hybridized carbons (Fsp3) is 0.200. The molecule has 0 fully saturated rings. The number of hydrogen-bond acceptors (Lipinski definition) is 2. The molecule has 0 spiro atoms. The maximum atomic E-state index is 2.31. The summed E-state index contributed by atoms with van der Waals surface area (Å²) < 4.78 is 0. The fourth-order valence-electron chi connectivity index (χ4n) is 2.73. The van der Waals surface area contributed by atoms with E-state index in [1.165, 1.54) is 22.5 Å². The van der Waals surface area contributed by atoms with Crippen LogP contribution in [0.5, 0.6) is 0 Å². The van der Waals surface area contributed by atoms with Crippen molar-refractivity contribution in [2.24, 2.45) is 0 Å². The summed E-state index contributed by atoms with van der Waals surface area (Å²) in [4.78, 5) is 4.42. The quantitative estimate of drug-likeness (QED) is 0.831. The van der Waals surface area contributed by atoms with Gasteiger partial charge in [0.15, 0.2) is 0 Å². The monoisotopic (exact) mass is 290 g/mol. The van der Waals surface area contributed by atoms with Gasteiger partial charge in [0.2, 0.25) is 0 Å². The molecule has 112 valence electrons. The molecule has 0 aliphatic carbocycles. The molecule has 1 unspecified atom stereocenters. The Bertz CT molecular complexity index is 696. The van der Waals surface area contributed by atoms with Crippen LogP contribution in [0.1, 0.15) is 11.1 Å². The number of nitrogens with zero attached hydrogens (tertiary/aromatic N) is 2. The molecule has 0 saturated carbocycles. The molecule has 0 aromatic heterocycles. The van der Waals surface area contributed by atoms with E-state index in [0.29, 0.717) is 6.04 Å². The Morgan fingerprint density at radius 3 is 2.45 bits per heavy atom. The number of likely N-dealkylation sites (N-methyl/N-ethyl adjacent to an activating group) is 1. The molecule has 1 aliphatic rings. The highest BCUT2D eigenvalue weighted by Crippen LogP contribution is 2.28. The Labute approximate surface area is 133 Å². The molecule has 0 bridgehead atoms. The molecule has 1 atom stereocenters. The van der Waals surface area contributed by atoms with Gasteiger partial charge < -0.3 is 9.80 Å². The maximum Gasteiger partial charge on any atom is 0.0660 e. The third-order valence-electron chi connectivity index (χ3n) is 4.13. The van der Waals surface area contributed by atoms with E-state index in [4.69, 9.17) is 0 Å². The minimum Gasteiger partial charge on any atom is -0.378 e. The van der Waals surface area contributed by atoms with Gasteiger partial charge in [0.05, 0.1) is 6.04 Å². The minimum atomic E-state index is 0.295. The van der Waals surface area contributed by atoms with Gasteiger partial charge in [0.1, 0.15) is 0 Å². The molecule has 0 saturated heterocycles. The smallest absolute Gasteiger partial charge is 0.0660 e. The van der Waals surface area contributed by atoms with Crippen molar-refractivity contribution in [2.45, 2.75) is 6.04 Å². The van der Waals surface area contributed by atoms with Gasteiger partial charge in [-0.15, -0.1) is 0 Å². The first kappa shape index (κ1) is 14.5. The van der Waals surface area contributed by atoms with Crippen molar-refractivity contribution in [1.29, 1.82) is 0 Å². The summed E-state index contributed by atoms with van der Waals surface area (Å²) in [6.45, 7) is 0. The zero-order chi connectivity index (χ0) is 15.5. The zero-order valence-corrected chi connectivity index (χ0v) is 13.4. The van der Waals surface area contributed by atoms with Gasteiger partial charge in [-0.3, -0.25) is 0 Å². The number of rotatable bonds is 3. The molecule has 0 N–H and O–H groups in total. The summed E-state index contributed by atoms with van der Waals surface area (Å²) in [5, 5.41) is 0. The predicted molar refractivity (Wildman–Crippen MR) is 97.5 cm³/mol. The zero-order valence-electron chi connectivity index (χ0n) is 13.4. The van der Waals surface area contributed by atoms with E-state index in [1.807, 2.05) is 0 Å². The second-order valence-electron chi connectivity index (χ2n) is 5.86. The van der Waals surface area contributed by atoms with Gasteiger partial charge in [-0.1, -0.05) is 54.6 Å². The first-order valence-electron chi connectivity index (χ1n) is 7.61. The Kier molecular flexibility index (Phi) is 4.01. The number of hydrogen-bond donors (Lipinski definition) is 0. The summed E-state index contributed by atoms with van der Waals surface area (Å²) in [5.41, 5.74) is 5.01. The molecular formula is C20H22N2. The van der Waals surface area contributed by atoms with Crippen LogP contribution in [0.2, 0.25) is 0 Å². The number of fused-ring (bicyclic) bond motifs is 1. The van der Waals surface area contributed by atoms with Crippen LogP contribution in [0.25, 0.3) is 12.2 Å². The lowest BCUT2D eigenvalue weighted by Gasteiger charge is -2.30. The molecule has 2 aromatic rings. The van der Waals surface area contributed by atoms with Crippen LogP contribution in [-0.2, 0) is 0 Å². The van der Waals surface area contributed by atoms with Crippen molar-refractivity contribution >= 4 is 23.5 Å². The lowest BCUT2D eigenvalue weighted by Crippen LogP contribution is -2.30. The molecule has 2 aromatic carbocycles. The maximum absolute atomic E-state index is 2.31. The molecule has 3 rings (SSSR count). The van der Waals surface area contributed by atoms with Crippen molar-refractivity contribution in [3.63, 3.8) is 0 Å². The van der Waals surface area contributed by atoms with Crippen LogP contribution in [0, 0.1) is 0 Å². The summed E-state index contributed by atoms with van der Waals surface area (Å²) >= 11 is 0. The fourth-order valence-corrected chi connectivity index (χ4v) is 2.73. The lowest BCUT2D eigenvalue weighted by molar-refractivity contribution is 0.889. The molecule has 22 heavy (non-hydrogen) atoms. The van der Waals surface area contributed by atoms with Crippen LogP contribution in [0.4, 0.5) is 11.4 Å². The van der Waals surface area contributed by atoms with Gasteiger partial charge in [-0.2, -0.15) is 0 Å². The average molecular weight is 290 g/mol. The molecule has 1 heterocycles. The van der Waals surface area contributed by atoms with Crippen molar-refractivity contribution in [3.05, 3.63) is 71.8 Å². The molecule has 0 radical (unpaired) electrons. The SMILES string of the molecule is CN(C)c1ccc(/C=C/C2C=Cc3ccccc3N2C)cc1. The van der Waals surface area contributed by atoms with Crippen LogP contribution < -0.4 is 9.80 Å². The standard InChI is InChI=1S/C20H22N2/c1-21(2)18-12-8-16(9-13-18)10-14-19-15-11-17-6-4-5-7-20(17)22(19)3/h4-15,19H,1-3H3/b14-10+. The topological polar surface area (TPSA) is 6.48 Å². The average Bonchev–Trinajstić information content (AvgIpc) is 2.55. The largest absolute Gasteiger partial charge is 0.378 e. The highest BCUT2D eigenvalue weighted by Gasteiger charge is 2.15. The summed E-state index contributed by atoms with van der Waals surface area (Å²) in [6.07, 6.45) is 8.89. The number of anilines is 2. The van der Waals surface area contributed by atoms with E-state index in [1.54, 1.807) is 0 Å². The van der Waals surface area contributed by atoms with Crippen molar-refractivity contribution in [1.82, 2.24) is 0 Å². The van der Waals surface area contributed by atoms with Gasteiger partial charge in [-0.25, -0.2) is 0 Å². The number of benzene rings is 2. The van der Waals surface area contributed by atoms with Gasteiger partial charge in [0, 0.05) is 32.5 Å². The number of para-hydroxylation sites is 1. The second-order valence-corrected chi connectivity index (χ2v) is 5.86. The van der Waals surface area contributed by atoms with Gasteiger partial charge in [-0.05, 0) is 29.3 Å². The molecule has 1 aliphatic heterocycles. The molecule has 0 amide bonds. The van der Waals surface area contributed by atoms with Crippen molar-refractivity contribution in [3.8, 4) is 0 Å². The molecule has 2 heteroatoms.